The lowest BCUT2D eigenvalue weighted by Crippen LogP contribution is -2.35. The average molecular weight is 373 g/mol. The number of amides is 2. The van der Waals surface area contributed by atoms with Gasteiger partial charge in [0, 0.05) is 25.7 Å². The number of fused-ring (bicyclic) bond motifs is 1. The van der Waals surface area contributed by atoms with E-state index < -0.39 is 0 Å². The molecule has 0 atom stereocenters. The molecule has 0 aromatic carbocycles. The number of aromatic nitrogens is 3. The van der Waals surface area contributed by atoms with E-state index in [-0.39, 0.29) is 11.8 Å². The van der Waals surface area contributed by atoms with Gasteiger partial charge < -0.3 is 19.3 Å². The lowest BCUT2D eigenvalue weighted by molar-refractivity contribution is 0.0737. The molecule has 2 amide bonds. The number of rotatable bonds is 7. The van der Waals surface area contributed by atoms with Crippen LogP contribution in [0.25, 0.3) is 0 Å². The van der Waals surface area contributed by atoms with E-state index in [0.717, 1.165) is 37.8 Å². The molecule has 0 fully saturated rings. The van der Waals surface area contributed by atoms with Crippen LogP contribution in [0, 0.1) is 6.92 Å². The highest BCUT2D eigenvalue weighted by molar-refractivity contribution is 6.04. The summed E-state index contributed by atoms with van der Waals surface area (Å²) in [6.45, 7) is 7.95. The van der Waals surface area contributed by atoms with Crippen molar-refractivity contribution in [1.29, 1.82) is 0 Å². The Hall–Kier alpha value is -2.64. The van der Waals surface area contributed by atoms with Crippen LogP contribution in [0.2, 0.25) is 0 Å². The minimum Gasteiger partial charge on any atom is -0.360 e. The summed E-state index contributed by atoms with van der Waals surface area (Å²) in [5.74, 6) is 0.876. The molecule has 0 bridgehead atoms. The van der Waals surface area contributed by atoms with Gasteiger partial charge in [-0.05, 0) is 39.0 Å². The SMILES string of the molecule is CCCN(CCC)C(=O)c1nc(C(=O)Nc2cc(C)on2)c2n1CCCC2. The summed E-state index contributed by atoms with van der Waals surface area (Å²) in [4.78, 5) is 32.1. The molecule has 3 heterocycles. The standard InChI is InChI=1S/C19H27N5O3/c1-4-9-23(10-5-2)19(26)17-21-16(14-8-6-7-11-24(14)17)18(25)20-15-12-13(3)27-22-15/h12H,4-11H2,1-3H3,(H,20,22,25). The van der Waals surface area contributed by atoms with Crippen LogP contribution in [-0.4, -0.2) is 44.5 Å². The quantitative estimate of drug-likeness (QED) is 0.805. The molecular weight excluding hydrogens is 346 g/mol. The number of imidazole rings is 1. The second-order valence-corrected chi connectivity index (χ2v) is 6.91. The van der Waals surface area contributed by atoms with Gasteiger partial charge in [0.2, 0.25) is 0 Å². The van der Waals surface area contributed by atoms with Gasteiger partial charge in [-0.25, -0.2) is 4.98 Å². The molecule has 0 spiro atoms. The van der Waals surface area contributed by atoms with Gasteiger partial charge in [0.1, 0.15) is 5.76 Å². The molecule has 1 N–H and O–H groups in total. The third-order valence-corrected chi connectivity index (χ3v) is 4.67. The molecule has 0 aliphatic carbocycles. The molecule has 8 nitrogen and oxygen atoms in total. The van der Waals surface area contributed by atoms with Gasteiger partial charge in [-0.3, -0.25) is 9.59 Å². The molecule has 8 heteroatoms. The number of hydrogen-bond donors (Lipinski definition) is 1. The fourth-order valence-corrected chi connectivity index (χ4v) is 3.49. The summed E-state index contributed by atoms with van der Waals surface area (Å²) in [6.07, 6.45) is 4.48. The zero-order chi connectivity index (χ0) is 19.4. The molecule has 0 saturated heterocycles. The van der Waals surface area contributed by atoms with Crippen LogP contribution in [0.15, 0.2) is 10.6 Å². The van der Waals surface area contributed by atoms with Crippen molar-refractivity contribution in [2.45, 2.75) is 59.4 Å². The molecule has 3 rings (SSSR count). The number of nitrogens with one attached hydrogen (secondary N) is 1. The molecule has 0 unspecified atom stereocenters. The van der Waals surface area contributed by atoms with Crippen molar-refractivity contribution < 1.29 is 14.1 Å². The van der Waals surface area contributed by atoms with Crippen LogP contribution in [0.1, 0.15) is 72.1 Å². The lowest BCUT2D eigenvalue weighted by atomic mass is 10.1. The molecule has 1 aliphatic rings. The summed E-state index contributed by atoms with van der Waals surface area (Å²) in [5.41, 5.74) is 1.14. The summed E-state index contributed by atoms with van der Waals surface area (Å²) in [7, 11) is 0. The predicted octanol–water partition coefficient (Wildman–Crippen LogP) is 3.03. The highest BCUT2D eigenvalue weighted by Crippen LogP contribution is 2.23. The maximum absolute atomic E-state index is 13.1. The van der Waals surface area contributed by atoms with Gasteiger partial charge in [0.05, 0.1) is 5.69 Å². The first-order valence-corrected chi connectivity index (χ1v) is 9.68. The third kappa shape index (κ3) is 4.04. The number of nitrogens with zero attached hydrogens (tertiary/aromatic N) is 4. The number of anilines is 1. The molecule has 2 aromatic heterocycles. The first-order valence-electron chi connectivity index (χ1n) is 9.68. The Morgan fingerprint density at radius 1 is 1.26 bits per heavy atom. The molecule has 2 aromatic rings. The van der Waals surface area contributed by atoms with Crippen LogP contribution in [0.4, 0.5) is 5.82 Å². The smallest absolute Gasteiger partial charge is 0.289 e. The van der Waals surface area contributed by atoms with Gasteiger partial charge in [-0.1, -0.05) is 19.0 Å². The highest BCUT2D eigenvalue weighted by Gasteiger charge is 2.29. The maximum atomic E-state index is 13.1. The van der Waals surface area contributed by atoms with Crippen LogP contribution >= 0.6 is 0 Å². The topological polar surface area (TPSA) is 93.3 Å². The maximum Gasteiger partial charge on any atom is 0.289 e. The van der Waals surface area contributed by atoms with Crippen LogP contribution in [0.5, 0.6) is 0 Å². The number of carbonyl (C=O) groups excluding carboxylic acids is 2. The zero-order valence-corrected chi connectivity index (χ0v) is 16.2. The van der Waals surface area contributed by atoms with Gasteiger partial charge >= 0.3 is 0 Å². The zero-order valence-electron chi connectivity index (χ0n) is 16.2. The van der Waals surface area contributed by atoms with E-state index in [1.54, 1.807) is 13.0 Å². The Labute approximate surface area is 158 Å². The Bertz CT molecular complexity index is 817. The first kappa shape index (κ1) is 19.1. The van der Waals surface area contributed by atoms with E-state index in [2.05, 4.69) is 29.3 Å². The molecular formula is C19H27N5O3. The largest absolute Gasteiger partial charge is 0.360 e. The fourth-order valence-electron chi connectivity index (χ4n) is 3.49. The monoisotopic (exact) mass is 373 g/mol. The van der Waals surface area contributed by atoms with Gasteiger partial charge in [-0.15, -0.1) is 0 Å². The Morgan fingerprint density at radius 3 is 2.63 bits per heavy atom. The van der Waals surface area contributed by atoms with Crippen LogP contribution in [-0.2, 0) is 13.0 Å². The summed E-state index contributed by atoms with van der Waals surface area (Å²) >= 11 is 0. The lowest BCUT2D eigenvalue weighted by Gasteiger charge is -2.23. The molecule has 0 radical (unpaired) electrons. The summed E-state index contributed by atoms with van der Waals surface area (Å²) in [6, 6.07) is 1.65. The van der Waals surface area contributed by atoms with Crippen molar-refractivity contribution >= 4 is 17.6 Å². The van der Waals surface area contributed by atoms with Crippen molar-refractivity contribution in [3.05, 3.63) is 29.0 Å². The first-order chi connectivity index (χ1) is 13.0. The molecule has 27 heavy (non-hydrogen) atoms. The predicted molar refractivity (Wildman–Crippen MR) is 101 cm³/mol. The second kappa shape index (κ2) is 8.37. The third-order valence-electron chi connectivity index (χ3n) is 4.67. The van der Waals surface area contributed by atoms with Gasteiger partial charge in [0.15, 0.2) is 17.3 Å². The van der Waals surface area contributed by atoms with E-state index in [0.29, 0.717) is 42.7 Å². The number of carbonyl (C=O) groups is 2. The normalized spacial score (nSPS) is 13.3. The van der Waals surface area contributed by atoms with Crippen LogP contribution in [0.3, 0.4) is 0 Å². The molecule has 146 valence electrons. The van der Waals surface area contributed by atoms with E-state index in [4.69, 9.17) is 4.52 Å². The van der Waals surface area contributed by atoms with Crippen LogP contribution < -0.4 is 5.32 Å². The van der Waals surface area contributed by atoms with Crippen molar-refractivity contribution in [2.24, 2.45) is 0 Å². The van der Waals surface area contributed by atoms with Crippen molar-refractivity contribution in [2.75, 3.05) is 18.4 Å². The average Bonchev–Trinajstić information content (AvgIpc) is 3.24. The van der Waals surface area contributed by atoms with E-state index >= 15 is 0 Å². The molecule has 0 saturated carbocycles. The summed E-state index contributed by atoms with van der Waals surface area (Å²) in [5, 5.41) is 6.51. The van der Waals surface area contributed by atoms with Crippen molar-refractivity contribution in [3.8, 4) is 0 Å². The second-order valence-electron chi connectivity index (χ2n) is 6.91. The van der Waals surface area contributed by atoms with E-state index in [1.807, 2.05) is 9.47 Å². The van der Waals surface area contributed by atoms with E-state index in [9.17, 15) is 9.59 Å². The summed E-state index contributed by atoms with van der Waals surface area (Å²) < 4.78 is 6.92. The number of aryl methyl sites for hydroxylation is 1. The molecule has 1 aliphatic heterocycles. The highest BCUT2D eigenvalue weighted by atomic mass is 16.5. The number of hydrogen-bond acceptors (Lipinski definition) is 5. The van der Waals surface area contributed by atoms with E-state index in [1.165, 1.54) is 0 Å². The Kier molecular flexibility index (Phi) is 5.93. The minimum atomic E-state index is -0.356. The van der Waals surface area contributed by atoms with Crippen molar-refractivity contribution in [1.82, 2.24) is 19.6 Å². The fraction of sp³-hybridized carbons (Fsp3) is 0.579. The minimum absolute atomic E-state index is 0.0989. The van der Waals surface area contributed by atoms with Gasteiger partial charge in [0.25, 0.3) is 11.8 Å². The Morgan fingerprint density at radius 2 is 2.00 bits per heavy atom. The Balaban J connectivity index is 1.91. The van der Waals surface area contributed by atoms with Crippen molar-refractivity contribution in [3.63, 3.8) is 0 Å². The van der Waals surface area contributed by atoms with Gasteiger partial charge in [-0.2, -0.15) is 0 Å².